The van der Waals surface area contributed by atoms with Crippen LogP contribution in [0.3, 0.4) is 0 Å². The standard InChI is InChI=1S/C29H39FO8/c1-6-12-36-25(35)38-29(23(33)16-37-24(34)7-2)17(3)13-21-20-9-8-18-14-19(31)10-11-26(18,4)28(20,30)22(32)15-27(21,29)5/h10-11,14,17,20-22,32H,6-9,12-13,15-16H2,1-5H3/t17-,20+,21+,22+,26+,27+,28+,29+/m1/s1. The number of alkyl halides is 1. The molecule has 4 rings (SSSR count). The van der Waals surface area contributed by atoms with Crippen molar-refractivity contribution in [2.75, 3.05) is 13.2 Å². The van der Waals surface area contributed by atoms with Crippen molar-refractivity contribution in [3.63, 3.8) is 0 Å². The maximum atomic E-state index is 17.4. The second kappa shape index (κ2) is 9.88. The molecule has 1 N–H and O–H groups in total. The van der Waals surface area contributed by atoms with Crippen LogP contribution in [0.4, 0.5) is 9.18 Å². The highest BCUT2D eigenvalue weighted by Gasteiger charge is 2.77. The Morgan fingerprint density at radius 1 is 1.16 bits per heavy atom. The number of allylic oxidation sites excluding steroid dienone is 4. The molecule has 3 fully saturated rings. The first-order chi connectivity index (χ1) is 17.8. The summed E-state index contributed by atoms with van der Waals surface area (Å²) in [5.74, 6) is -3.02. The van der Waals surface area contributed by atoms with E-state index in [1.165, 1.54) is 12.2 Å². The van der Waals surface area contributed by atoms with Gasteiger partial charge in [-0.25, -0.2) is 9.18 Å². The third kappa shape index (κ3) is 3.87. The number of rotatable bonds is 7. The summed E-state index contributed by atoms with van der Waals surface area (Å²) < 4.78 is 33.7. The number of hydrogen-bond donors (Lipinski definition) is 1. The van der Waals surface area contributed by atoms with Gasteiger partial charge in [0.05, 0.1) is 12.7 Å². The molecule has 0 radical (unpaired) electrons. The van der Waals surface area contributed by atoms with Crippen molar-refractivity contribution < 1.29 is 42.9 Å². The molecule has 0 aromatic heterocycles. The lowest BCUT2D eigenvalue weighted by atomic mass is 9.44. The molecule has 4 aliphatic carbocycles. The molecule has 0 aliphatic heterocycles. The number of aliphatic hydroxyl groups is 1. The summed E-state index contributed by atoms with van der Waals surface area (Å²) in [5, 5.41) is 11.6. The molecule has 0 saturated heterocycles. The van der Waals surface area contributed by atoms with Crippen LogP contribution in [0.15, 0.2) is 23.8 Å². The molecule has 0 aromatic carbocycles. The molecular weight excluding hydrogens is 495 g/mol. The van der Waals surface area contributed by atoms with Crippen LogP contribution in [0.5, 0.6) is 0 Å². The van der Waals surface area contributed by atoms with E-state index in [9.17, 15) is 24.3 Å². The number of ketones is 2. The number of hydrogen-bond acceptors (Lipinski definition) is 8. The van der Waals surface area contributed by atoms with E-state index in [1.54, 1.807) is 33.8 Å². The van der Waals surface area contributed by atoms with E-state index in [0.29, 0.717) is 31.3 Å². The number of carbonyl (C=O) groups is 4. The molecule has 0 heterocycles. The van der Waals surface area contributed by atoms with Crippen LogP contribution in [0.2, 0.25) is 0 Å². The average Bonchev–Trinajstić information content (AvgIpc) is 3.09. The normalized spacial score (nSPS) is 41.3. The molecule has 8 atom stereocenters. The SMILES string of the molecule is CCCOC(=O)O[C@]1(C(=O)COC(=O)CC)[C@H](C)C[C@H]2[C@@H]3CCC4=CC(=O)C=C[C@]4(C)[C@@]3(F)[C@@H](O)C[C@@]21C. The van der Waals surface area contributed by atoms with E-state index in [-0.39, 0.29) is 25.2 Å². The predicted octanol–water partition coefficient (Wildman–Crippen LogP) is 4.43. The molecular formula is C29H39FO8. The van der Waals surface area contributed by atoms with Crippen LogP contribution in [-0.2, 0) is 28.6 Å². The fraction of sp³-hybridized carbons (Fsp3) is 0.724. The van der Waals surface area contributed by atoms with Crippen LogP contribution in [0, 0.1) is 28.6 Å². The minimum Gasteiger partial charge on any atom is -0.457 e. The van der Waals surface area contributed by atoms with Crippen molar-refractivity contribution in [3.8, 4) is 0 Å². The molecule has 0 unspecified atom stereocenters. The quantitative estimate of drug-likeness (QED) is 0.477. The number of ether oxygens (including phenoxy) is 3. The summed E-state index contributed by atoms with van der Waals surface area (Å²) in [7, 11) is 0. The minimum atomic E-state index is -2.09. The molecule has 0 aromatic rings. The van der Waals surface area contributed by atoms with Gasteiger partial charge >= 0.3 is 12.1 Å². The number of carbonyl (C=O) groups excluding carboxylic acids is 4. The van der Waals surface area contributed by atoms with Crippen molar-refractivity contribution in [2.45, 2.75) is 90.5 Å². The van der Waals surface area contributed by atoms with Crippen LogP contribution in [0.1, 0.15) is 73.1 Å². The second-order valence-corrected chi connectivity index (χ2v) is 11.8. The Morgan fingerprint density at radius 2 is 1.87 bits per heavy atom. The fourth-order valence-electron chi connectivity index (χ4n) is 8.10. The first kappa shape index (κ1) is 28.5. The van der Waals surface area contributed by atoms with Gasteiger partial charge in [-0.15, -0.1) is 0 Å². The minimum absolute atomic E-state index is 0.0741. The van der Waals surface area contributed by atoms with Gasteiger partial charge in [0, 0.05) is 29.1 Å². The topological polar surface area (TPSA) is 116 Å². The Bertz CT molecular complexity index is 1080. The summed E-state index contributed by atoms with van der Waals surface area (Å²) in [6.45, 7) is 8.19. The average molecular weight is 535 g/mol. The molecule has 4 aliphatic rings. The van der Waals surface area contributed by atoms with E-state index in [4.69, 9.17) is 14.2 Å². The summed E-state index contributed by atoms with van der Waals surface area (Å²) in [5.41, 5.74) is -5.55. The lowest BCUT2D eigenvalue weighted by Gasteiger charge is -2.62. The van der Waals surface area contributed by atoms with Crippen molar-refractivity contribution in [2.24, 2.45) is 28.6 Å². The lowest BCUT2D eigenvalue weighted by molar-refractivity contribution is -0.222. The third-order valence-electron chi connectivity index (χ3n) is 9.92. The molecule has 8 nitrogen and oxygen atoms in total. The van der Waals surface area contributed by atoms with Crippen LogP contribution >= 0.6 is 0 Å². The zero-order valence-corrected chi connectivity index (χ0v) is 22.9. The first-order valence-electron chi connectivity index (χ1n) is 13.7. The number of fused-ring (bicyclic) bond motifs is 5. The van der Waals surface area contributed by atoms with Crippen LogP contribution in [-0.4, -0.2) is 59.4 Å². The van der Waals surface area contributed by atoms with E-state index in [0.717, 1.165) is 0 Å². The second-order valence-electron chi connectivity index (χ2n) is 11.8. The van der Waals surface area contributed by atoms with Crippen molar-refractivity contribution >= 4 is 23.7 Å². The number of halogens is 1. The van der Waals surface area contributed by atoms with Gasteiger partial charge in [0.2, 0.25) is 5.78 Å². The maximum Gasteiger partial charge on any atom is 0.509 e. The molecule has 0 bridgehead atoms. The van der Waals surface area contributed by atoms with E-state index < -0.39 is 70.5 Å². The molecule has 38 heavy (non-hydrogen) atoms. The van der Waals surface area contributed by atoms with Crippen LogP contribution in [0.25, 0.3) is 0 Å². The van der Waals surface area contributed by atoms with Crippen molar-refractivity contribution in [3.05, 3.63) is 23.8 Å². The number of Topliss-reactive ketones (excluding diaryl/α,β-unsaturated/α-hetero) is 1. The van der Waals surface area contributed by atoms with Gasteiger partial charge in [-0.2, -0.15) is 0 Å². The van der Waals surface area contributed by atoms with Gasteiger partial charge in [-0.05, 0) is 57.1 Å². The maximum absolute atomic E-state index is 17.4. The predicted molar refractivity (Wildman–Crippen MR) is 135 cm³/mol. The van der Waals surface area contributed by atoms with Crippen molar-refractivity contribution in [1.29, 1.82) is 0 Å². The van der Waals surface area contributed by atoms with Gasteiger partial charge < -0.3 is 19.3 Å². The lowest BCUT2D eigenvalue weighted by Crippen LogP contribution is -2.70. The Hall–Kier alpha value is -2.55. The zero-order chi connectivity index (χ0) is 28.1. The summed E-state index contributed by atoms with van der Waals surface area (Å²) in [6.07, 6.45) is 3.56. The monoisotopic (exact) mass is 534 g/mol. The van der Waals surface area contributed by atoms with Crippen molar-refractivity contribution in [1.82, 2.24) is 0 Å². The number of aliphatic hydroxyl groups excluding tert-OH is 1. The van der Waals surface area contributed by atoms with Crippen LogP contribution < -0.4 is 0 Å². The fourth-order valence-corrected chi connectivity index (χ4v) is 8.10. The van der Waals surface area contributed by atoms with Gasteiger partial charge in [-0.3, -0.25) is 14.4 Å². The highest BCUT2D eigenvalue weighted by atomic mass is 19.1. The van der Waals surface area contributed by atoms with E-state index in [1.807, 2.05) is 6.92 Å². The molecule has 0 spiro atoms. The Labute approximate surface area is 223 Å². The Morgan fingerprint density at radius 3 is 2.53 bits per heavy atom. The van der Waals surface area contributed by atoms with Gasteiger partial charge in [0.15, 0.2) is 23.7 Å². The molecule has 210 valence electrons. The Kier molecular flexibility index (Phi) is 7.40. The van der Waals surface area contributed by atoms with Gasteiger partial charge in [0.25, 0.3) is 0 Å². The third-order valence-corrected chi connectivity index (χ3v) is 9.92. The number of esters is 1. The largest absolute Gasteiger partial charge is 0.509 e. The van der Waals surface area contributed by atoms with Gasteiger partial charge in [0.1, 0.15) is 0 Å². The summed E-state index contributed by atoms with van der Waals surface area (Å²) >= 11 is 0. The van der Waals surface area contributed by atoms with E-state index >= 15 is 4.39 Å². The highest BCUT2D eigenvalue weighted by molar-refractivity contribution is 6.01. The zero-order valence-electron chi connectivity index (χ0n) is 22.9. The highest BCUT2D eigenvalue weighted by Crippen LogP contribution is 2.71. The molecule has 3 saturated carbocycles. The first-order valence-corrected chi connectivity index (χ1v) is 13.7. The summed E-state index contributed by atoms with van der Waals surface area (Å²) in [6, 6.07) is 0. The molecule has 9 heteroatoms. The molecule has 0 amide bonds. The Balaban J connectivity index is 1.78. The smallest absolute Gasteiger partial charge is 0.457 e. The van der Waals surface area contributed by atoms with E-state index in [2.05, 4.69) is 0 Å². The summed E-state index contributed by atoms with van der Waals surface area (Å²) in [4.78, 5) is 50.7. The van der Waals surface area contributed by atoms with Gasteiger partial charge in [-0.1, -0.05) is 39.3 Å².